The minimum absolute atomic E-state index is 0.0176. The van der Waals surface area contributed by atoms with Crippen molar-refractivity contribution in [2.45, 2.75) is 39.2 Å². The van der Waals surface area contributed by atoms with E-state index >= 15 is 0 Å². The molecular weight excluding hydrogens is 508 g/mol. The van der Waals surface area contributed by atoms with Crippen LogP contribution in [-0.2, 0) is 26.3 Å². The molecule has 3 N–H and O–H groups in total. The first kappa shape index (κ1) is 26.8. The first-order valence-electron chi connectivity index (χ1n) is 12.2. The van der Waals surface area contributed by atoms with Crippen LogP contribution in [0.3, 0.4) is 0 Å². The minimum Gasteiger partial charge on any atom is -0.507 e. The standard InChI is InChI=1S/C28H21ClO7.C2H6/c1-3-7-17-18(4-2)28(36-27(17)34)19-12-14(10-11-22(31)32)25(33)24(29)26(19)35-21-13-20(30)15-8-5-6-9-16(15)23(21)28;1-2/h3-9,12-13,30,33H,2,10-11H2,1H3,(H,31,32);1-2H3/b7-3-;. The molecule has 38 heavy (non-hydrogen) atoms. The van der Waals surface area contributed by atoms with E-state index in [-0.39, 0.29) is 52.0 Å². The lowest BCUT2D eigenvalue weighted by Gasteiger charge is -2.39. The number of phenols is 2. The maximum atomic E-state index is 13.3. The highest BCUT2D eigenvalue weighted by molar-refractivity contribution is 6.34. The second-order valence-electron chi connectivity index (χ2n) is 8.49. The number of hydrogen-bond donors (Lipinski definition) is 3. The van der Waals surface area contributed by atoms with E-state index in [1.165, 1.54) is 12.1 Å². The van der Waals surface area contributed by atoms with Crippen molar-refractivity contribution >= 4 is 34.3 Å². The molecule has 0 aromatic heterocycles. The van der Waals surface area contributed by atoms with Crippen LogP contribution < -0.4 is 4.74 Å². The van der Waals surface area contributed by atoms with Gasteiger partial charge in [-0.15, -0.1) is 0 Å². The van der Waals surface area contributed by atoms with Gasteiger partial charge in [-0.05, 0) is 30.4 Å². The summed E-state index contributed by atoms with van der Waals surface area (Å²) in [5.74, 6) is -1.81. The number of ether oxygens (including phenoxy) is 2. The maximum absolute atomic E-state index is 13.3. The minimum atomic E-state index is -1.58. The maximum Gasteiger partial charge on any atom is 0.340 e. The van der Waals surface area contributed by atoms with Gasteiger partial charge in [0.2, 0.25) is 0 Å². The van der Waals surface area contributed by atoms with E-state index in [1.807, 2.05) is 13.8 Å². The van der Waals surface area contributed by atoms with Crippen LogP contribution in [0.15, 0.2) is 72.4 Å². The van der Waals surface area contributed by atoms with E-state index in [1.54, 1.807) is 49.4 Å². The Morgan fingerprint density at radius 3 is 2.47 bits per heavy atom. The molecule has 0 saturated heterocycles. The molecule has 196 valence electrons. The Balaban J connectivity index is 0.00000164. The van der Waals surface area contributed by atoms with Gasteiger partial charge in [0.15, 0.2) is 11.4 Å². The third-order valence-electron chi connectivity index (χ3n) is 6.49. The highest BCUT2D eigenvalue weighted by Gasteiger charge is 2.55. The Kier molecular flexibility index (Phi) is 7.24. The third-order valence-corrected chi connectivity index (χ3v) is 6.84. The summed E-state index contributed by atoms with van der Waals surface area (Å²) in [5, 5.41) is 31.6. The van der Waals surface area contributed by atoms with Gasteiger partial charge in [-0.25, -0.2) is 4.79 Å². The molecule has 3 aromatic rings. The molecule has 0 fully saturated rings. The van der Waals surface area contributed by atoms with Crippen LogP contribution in [0, 0.1) is 0 Å². The summed E-state index contributed by atoms with van der Waals surface area (Å²) in [7, 11) is 0. The Morgan fingerprint density at radius 1 is 1.16 bits per heavy atom. The van der Waals surface area contributed by atoms with E-state index in [2.05, 4.69) is 6.58 Å². The Morgan fingerprint density at radius 2 is 1.84 bits per heavy atom. The highest BCUT2D eigenvalue weighted by atomic mass is 35.5. The van der Waals surface area contributed by atoms with Crippen molar-refractivity contribution in [1.29, 1.82) is 0 Å². The van der Waals surface area contributed by atoms with E-state index in [0.29, 0.717) is 27.5 Å². The summed E-state index contributed by atoms with van der Waals surface area (Å²) >= 11 is 6.56. The van der Waals surface area contributed by atoms with Gasteiger partial charge >= 0.3 is 11.9 Å². The van der Waals surface area contributed by atoms with Crippen molar-refractivity contribution in [1.82, 2.24) is 0 Å². The molecule has 2 aliphatic heterocycles. The molecule has 0 saturated carbocycles. The number of carbonyl (C=O) groups excluding carboxylic acids is 1. The van der Waals surface area contributed by atoms with Crippen molar-refractivity contribution in [3.05, 3.63) is 94.1 Å². The van der Waals surface area contributed by atoms with Gasteiger partial charge < -0.3 is 24.8 Å². The molecule has 2 aliphatic rings. The summed E-state index contributed by atoms with van der Waals surface area (Å²) in [6, 6.07) is 10.0. The largest absolute Gasteiger partial charge is 0.507 e. The molecular formula is C30H27ClO7. The first-order chi connectivity index (χ1) is 18.2. The van der Waals surface area contributed by atoms with Crippen LogP contribution >= 0.6 is 11.6 Å². The van der Waals surface area contributed by atoms with Gasteiger partial charge in [-0.3, -0.25) is 4.79 Å². The number of aryl methyl sites for hydroxylation is 1. The van der Waals surface area contributed by atoms with Gasteiger partial charge in [0, 0.05) is 29.0 Å². The number of aromatic hydroxyl groups is 2. The van der Waals surface area contributed by atoms with Crippen molar-refractivity contribution in [3.8, 4) is 23.0 Å². The molecule has 8 heteroatoms. The van der Waals surface area contributed by atoms with Gasteiger partial charge in [-0.1, -0.05) is 74.5 Å². The monoisotopic (exact) mass is 534 g/mol. The van der Waals surface area contributed by atoms with Crippen LogP contribution in [0.1, 0.15) is 43.9 Å². The van der Waals surface area contributed by atoms with Gasteiger partial charge in [0.05, 0.1) is 11.1 Å². The summed E-state index contributed by atoms with van der Waals surface area (Å²) < 4.78 is 12.3. The molecule has 0 bridgehead atoms. The average Bonchev–Trinajstić information content (AvgIpc) is 3.18. The molecule has 3 aromatic carbocycles. The number of allylic oxidation sites excluding steroid dienone is 1. The number of halogens is 1. The molecule has 1 spiro atoms. The van der Waals surface area contributed by atoms with E-state index in [4.69, 9.17) is 21.1 Å². The van der Waals surface area contributed by atoms with Crippen LogP contribution in [0.25, 0.3) is 10.8 Å². The lowest BCUT2D eigenvalue weighted by molar-refractivity contribution is -0.144. The predicted octanol–water partition coefficient (Wildman–Crippen LogP) is 6.91. The lowest BCUT2D eigenvalue weighted by atomic mass is 9.74. The van der Waals surface area contributed by atoms with E-state index in [0.717, 1.165) is 0 Å². The normalized spacial score (nSPS) is 17.5. The first-order valence-corrected chi connectivity index (χ1v) is 12.5. The van der Waals surface area contributed by atoms with Crippen LogP contribution in [0.4, 0.5) is 0 Å². The zero-order chi connectivity index (χ0) is 27.8. The quantitative estimate of drug-likeness (QED) is 0.305. The van der Waals surface area contributed by atoms with Crippen molar-refractivity contribution in [2.75, 3.05) is 0 Å². The highest BCUT2D eigenvalue weighted by Crippen LogP contribution is 2.61. The van der Waals surface area contributed by atoms with Crippen molar-refractivity contribution in [3.63, 3.8) is 0 Å². The molecule has 0 amide bonds. The molecule has 7 nitrogen and oxygen atoms in total. The number of fused-ring (bicyclic) bond motifs is 6. The number of aliphatic carboxylic acids is 1. The predicted molar refractivity (Wildman–Crippen MR) is 145 cm³/mol. The van der Waals surface area contributed by atoms with E-state index in [9.17, 15) is 24.9 Å². The average molecular weight is 535 g/mol. The number of rotatable bonds is 5. The van der Waals surface area contributed by atoms with Crippen LogP contribution in [-0.4, -0.2) is 27.3 Å². The molecule has 2 heterocycles. The zero-order valence-electron chi connectivity index (χ0n) is 21.2. The smallest absolute Gasteiger partial charge is 0.340 e. The zero-order valence-corrected chi connectivity index (χ0v) is 21.9. The number of hydrogen-bond acceptors (Lipinski definition) is 6. The summed E-state index contributed by atoms with van der Waals surface area (Å²) in [6.07, 6.45) is 4.59. The summed E-state index contributed by atoms with van der Waals surface area (Å²) in [4.78, 5) is 24.5. The molecule has 0 aliphatic carbocycles. The summed E-state index contributed by atoms with van der Waals surface area (Å²) in [6.45, 7) is 9.72. The van der Waals surface area contributed by atoms with Crippen LogP contribution in [0.5, 0.6) is 23.0 Å². The third kappa shape index (κ3) is 3.90. The Bertz CT molecular complexity index is 1550. The SMILES string of the molecule is C=CC1=C(/C=C\C)C(=O)OC12c1cc(CCC(=O)O)c(O)c(Cl)c1Oc1cc(O)c3ccccc3c12.CC. The van der Waals surface area contributed by atoms with E-state index < -0.39 is 17.5 Å². The molecule has 1 unspecified atom stereocenters. The van der Waals surface area contributed by atoms with Gasteiger partial charge in [0.25, 0.3) is 0 Å². The number of carboxylic acid groups (broad SMARTS) is 1. The fraction of sp³-hybridized carbons (Fsp3) is 0.200. The fourth-order valence-electron chi connectivity index (χ4n) is 5.00. The van der Waals surface area contributed by atoms with Crippen molar-refractivity contribution < 1.29 is 34.4 Å². The van der Waals surface area contributed by atoms with Crippen LogP contribution in [0.2, 0.25) is 5.02 Å². The molecule has 1 atom stereocenters. The Hall–Kier alpha value is -4.23. The van der Waals surface area contributed by atoms with Gasteiger partial charge in [-0.2, -0.15) is 0 Å². The Labute approximate surface area is 224 Å². The fourth-order valence-corrected chi connectivity index (χ4v) is 5.26. The number of carboxylic acids is 1. The lowest BCUT2D eigenvalue weighted by Crippen LogP contribution is -2.34. The molecule has 0 radical (unpaired) electrons. The molecule has 5 rings (SSSR count). The number of esters is 1. The van der Waals surface area contributed by atoms with Gasteiger partial charge in [0.1, 0.15) is 22.3 Å². The second-order valence-corrected chi connectivity index (χ2v) is 8.87. The number of carbonyl (C=O) groups is 2. The second kappa shape index (κ2) is 10.3. The summed E-state index contributed by atoms with van der Waals surface area (Å²) in [5.41, 5.74) is 0.153. The number of phenolic OH excluding ortho intramolecular Hbond substituents is 2. The number of benzene rings is 3. The topological polar surface area (TPSA) is 113 Å². The van der Waals surface area contributed by atoms with Crippen molar-refractivity contribution in [2.24, 2.45) is 0 Å².